The third kappa shape index (κ3) is 4.80. The molecule has 0 fully saturated rings. The molecule has 3 aromatic heterocycles. The van der Waals surface area contributed by atoms with Crippen LogP contribution in [-0.4, -0.2) is 14.5 Å². The van der Waals surface area contributed by atoms with Gasteiger partial charge in [0, 0.05) is 47.8 Å². The molecule has 0 N–H and O–H groups in total. The Kier molecular flexibility index (Phi) is 6.81. The Morgan fingerprint density at radius 1 is 0.520 bits per heavy atom. The van der Waals surface area contributed by atoms with Crippen LogP contribution in [0, 0.1) is 0 Å². The van der Waals surface area contributed by atoms with Crippen LogP contribution in [0.1, 0.15) is 18.5 Å². The van der Waals surface area contributed by atoms with Crippen LogP contribution in [0.2, 0.25) is 0 Å². The van der Waals surface area contributed by atoms with Crippen LogP contribution in [0.25, 0.3) is 87.0 Å². The van der Waals surface area contributed by atoms with Gasteiger partial charge in [0.25, 0.3) is 0 Å². The van der Waals surface area contributed by atoms with Gasteiger partial charge >= 0.3 is 0 Å². The molecule has 0 bridgehead atoms. The molecule has 9 aromatic rings. The third-order valence-electron chi connectivity index (χ3n) is 9.87. The van der Waals surface area contributed by atoms with E-state index in [9.17, 15) is 0 Å². The fourth-order valence-corrected chi connectivity index (χ4v) is 8.67. The Morgan fingerprint density at radius 2 is 1.22 bits per heavy atom. The second-order valence-corrected chi connectivity index (χ2v) is 13.9. The first-order chi connectivity index (χ1) is 24.8. The second-order valence-electron chi connectivity index (χ2n) is 12.9. The van der Waals surface area contributed by atoms with Gasteiger partial charge in [-0.1, -0.05) is 127 Å². The number of thiophene rings is 1. The summed E-state index contributed by atoms with van der Waals surface area (Å²) in [4.78, 5) is 10.1. The van der Waals surface area contributed by atoms with Gasteiger partial charge in [-0.25, -0.2) is 9.97 Å². The standard InChI is InChI=1S/C46H31N3S/c1-3-11-32(12-4-1)39-29-40(33-13-5-2-6-14-33)48-46(47-39)34-21-19-30(20-22-34)31-23-25-35(26-24-31)49-41-17-9-7-16-38(41)44-42(49)28-27-37-36-15-8-10-18-43(36)50-45(37)44/h1,3-5,7-29H,2,6H2. The molecule has 0 saturated heterocycles. The Labute approximate surface area is 294 Å². The lowest BCUT2D eigenvalue weighted by Crippen LogP contribution is -1.98. The number of hydrogen-bond acceptors (Lipinski definition) is 3. The maximum atomic E-state index is 5.04. The van der Waals surface area contributed by atoms with Crippen LogP contribution in [0.15, 0.2) is 164 Å². The molecule has 0 aliphatic heterocycles. The van der Waals surface area contributed by atoms with Gasteiger partial charge in [-0.15, -0.1) is 11.3 Å². The molecule has 1 aliphatic carbocycles. The van der Waals surface area contributed by atoms with Crippen molar-refractivity contribution in [1.29, 1.82) is 0 Å². The van der Waals surface area contributed by atoms with Crippen LogP contribution in [-0.2, 0) is 0 Å². The summed E-state index contributed by atoms with van der Waals surface area (Å²) in [5.74, 6) is 0.738. The largest absolute Gasteiger partial charge is 0.309 e. The summed E-state index contributed by atoms with van der Waals surface area (Å²) in [5.41, 5.74) is 11.1. The summed E-state index contributed by atoms with van der Waals surface area (Å²) in [6, 6.07) is 52.2. The van der Waals surface area contributed by atoms with E-state index in [1.807, 2.05) is 17.4 Å². The van der Waals surface area contributed by atoms with E-state index in [0.29, 0.717) is 0 Å². The first-order valence-corrected chi connectivity index (χ1v) is 18.0. The molecule has 236 valence electrons. The van der Waals surface area contributed by atoms with Crippen molar-refractivity contribution in [3.05, 3.63) is 170 Å². The zero-order chi connectivity index (χ0) is 33.0. The minimum atomic E-state index is 0.738. The Bertz CT molecular complexity index is 2780. The zero-order valence-corrected chi connectivity index (χ0v) is 28.1. The lowest BCUT2D eigenvalue weighted by Gasteiger charge is -2.12. The van der Waals surface area contributed by atoms with Crippen LogP contribution in [0.4, 0.5) is 0 Å². The van der Waals surface area contributed by atoms with Crippen molar-refractivity contribution >= 4 is 58.9 Å². The minimum Gasteiger partial charge on any atom is -0.309 e. The summed E-state index contributed by atoms with van der Waals surface area (Å²) >= 11 is 1.89. The number of benzene rings is 6. The molecule has 0 radical (unpaired) electrons. The number of aromatic nitrogens is 3. The van der Waals surface area contributed by atoms with Crippen LogP contribution in [0.5, 0.6) is 0 Å². The number of nitrogens with zero attached hydrogens (tertiary/aromatic N) is 3. The van der Waals surface area contributed by atoms with Gasteiger partial charge in [0.05, 0.1) is 22.4 Å². The Hall–Kier alpha value is -6.10. The van der Waals surface area contributed by atoms with Gasteiger partial charge in [-0.2, -0.15) is 0 Å². The van der Waals surface area contributed by atoms with E-state index in [1.54, 1.807) is 0 Å². The van der Waals surface area contributed by atoms with E-state index >= 15 is 0 Å². The number of hydrogen-bond donors (Lipinski definition) is 0. The highest BCUT2D eigenvalue weighted by atomic mass is 32.1. The van der Waals surface area contributed by atoms with Crippen LogP contribution >= 0.6 is 11.3 Å². The molecule has 3 nitrogen and oxygen atoms in total. The fraction of sp³-hybridized carbons (Fsp3) is 0.0435. The van der Waals surface area contributed by atoms with Crippen molar-refractivity contribution in [3.8, 4) is 39.5 Å². The van der Waals surface area contributed by atoms with Gasteiger partial charge in [0.15, 0.2) is 5.82 Å². The van der Waals surface area contributed by atoms with E-state index in [2.05, 4.69) is 162 Å². The molecule has 0 amide bonds. The fourth-order valence-electron chi connectivity index (χ4n) is 7.41. The molecule has 50 heavy (non-hydrogen) atoms. The predicted molar refractivity (Wildman–Crippen MR) is 212 cm³/mol. The van der Waals surface area contributed by atoms with E-state index < -0.39 is 0 Å². The first-order valence-electron chi connectivity index (χ1n) is 17.1. The van der Waals surface area contributed by atoms with Gasteiger partial charge in [0.2, 0.25) is 0 Å². The Morgan fingerprint density at radius 3 is 2.02 bits per heavy atom. The van der Waals surface area contributed by atoms with Crippen LogP contribution < -0.4 is 0 Å². The number of para-hydroxylation sites is 1. The molecular formula is C46H31N3S. The van der Waals surface area contributed by atoms with Crippen molar-refractivity contribution in [3.63, 3.8) is 0 Å². The first kappa shape index (κ1) is 28.9. The molecule has 1 aliphatic rings. The smallest absolute Gasteiger partial charge is 0.160 e. The van der Waals surface area contributed by atoms with Crippen molar-refractivity contribution in [1.82, 2.24) is 14.5 Å². The molecule has 0 unspecified atom stereocenters. The van der Waals surface area contributed by atoms with Crippen LogP contribution in [0.3, 0.4) is 0 Å². The highest BCUT2D eigenvalue weighted by Gasteiger charge is 2.17. The van der Waals surface area contributed by atoms with E-state index in [1.165, 1.54) is 47.5 Å². The maximum Gasteiger partial charge on any atom is 0.160 e. The number of fused-ring (bicyclic) bond motifs is 7. The van der Waals surface area contributed by atoms with Gasteiger partial charge in [0.1, 0.15) is 0 Å². The average Bonchev–Trinajstić information content (AvgIpc) is 3.74. The summed E-state index contributed by atoms with van der Waals surface area (Å²) in [5, 5.41) is 5.28. The molecule has 4 heteroatoms. The lowest BCUT2D eigenvalue weighted by molar-refractivity contribution is 1.03. The second kappa shape index (κ2) is 11.8. The molecule has 0 spiro atoms. The van der Waals surface area contributed by atoms with E-state index in [-0.39, 0.29) is 0 Å². The van der Waals surface area contributed by atoms with Crippen molar-refractivity contribution in [2.75, 3.05) is 0 Å². The number of rotatable bonds is 5. The molecular weight excluding hydrogens is 627 g/mol. The monoisotopic (exact) mass is 657 g/mol. The summed E-state index contributed by atoms with van der Waals surface area (Å²) in [6.07, 6.45) is 8.79. The van der Waals surface area contributed by atoms with Crippen molar-refractivity contribution in [2.24, 2.45) is 0 Å². The zero-order valence-electron chi connectivity index (χ0n) is 27.3. The SMILES string of the molecule is C1=CC(c2cc(-c3ccccc3)nc(-c3ccc(-c4ccc(-n5c6ccccc6c6c7sc8ccccc8c7ccc65)cc4)cc3)n2)=CCC1. The topological polar surface area (TPSA) is 30.7 Å². The summed E-state index contributed by atoms with van der Waals surface area (Å²) in [6.45, 7) is 0. The summed E-state index contributed by atoms with van der Waals surface area (Å²) < 4.78 is 5.09. The minimum absolute atomic E-state index is 0.738. The van der Waals surface area contributed by atoms with Crippen molar-refractivity contribution in [2.45, 2.75) is 12.8 Å². The molecule has 0 atom stereocenters. The molecule has 3 heterocycles. The normalized spacial score (nSPS) is 13.1. The van der Waals surface area contributed by atoms with Gasteiger partial charge in [-0.3, -0.25) is 0 Å². The highest BCUT2D eigenvalue weighted by molar-refractivity contribution is 7.26. The van der Waals surface area contributed by atoms with Gasteiger partial charge < -0.3 is 4.57 Å². The third-order valence-corrected chi connectivity index (χ3v) is 11.1. The molecule has 0 saturated carbocycles. The predicted octanol–water partition coefficient (Wildman–Crippen LogP) is 12.7. The molecule has 6 aromatic carbocycles. The quantitative estimate of drug-likeness (QED) is 0.184. The van der Waals surface area contributed by atoms with Crippen molar-refractivity contribution < 1.29 is 0 Å². The van der Waals surface area contributed by atoms with E-state index in [4.69, 9.17) is 9.97 Å². The molecule has 10 rings (SSSR count). The lowest BCUT2D eigenvalue weighted by atomic mass is 10.0. The number of allylic oxidation sites excluding steroid dienone is 4. The average molecular weight is 658 g/mol. The Balaban J connectivity index is 1.02. The summed E-state index contributed by atoms with van der Waals surface area (Å²) in [7, 11) is 0. The highest BCUT2D eigenvalue weighted by Crippen LogP contribution is 2.43. The van der Waals surface area contributed by atoms with Gasteiger partial charge in [-0.05, 0) is 65.9 Å². The maximum absolute atomic E-state index is 5.04. The van der Waals surface area contributed by atoms with E-state index in [0.717, 1.165) is 58.0 Å².